The summed E-state index contributed by atoms with van der Waals surface area (Å²) in [4.78, 5) is 24.9. The van der Waals surface area contributed by atoms with Gasteiger partial charge in [-0.15, -0.1) is 0 Å². The van der Waals surface area contributed by atoms with Crippen LogP contribution < -0.4 is 4.90 Å². The van der Waals surface area contributed by atoms with Crippen LogP contribution in [0.2, 0.25) is 0 Å². The van der Waals surface area contributed by atoms with Crippen molar-refractivity contribution in [2.45, 2.75) is 20.8 Å². The fourth-order valence-electron chi connectivity index (χ4n) is 2.25. The minimum atomic E-state index is -1.19. The Kier molecular flexibility index (Phi) is 4.12. The van der Waals surface area contributed by atoms with E-state index in [0.717, 1.165) is 16.8 Å². The van der Waals surface area contributed by atoms with Crippen molar-refractivity contribution in [2.75, 3.05) is 11.4 Å². The average molecular weight is 287 g/mol. The summed E-state index contributed by atoms with van der Waals surface area (Å²) < 4.78 is 5.08. The van der Waals surface area contributed by atoms with E-state index < -0.39 is 5.97 Å². The van der Waals surface area contributed by atoms with E-state index in [4.69, 9.17) is 9.52 Å². The maximum absolute atomic E-state index is 12.5. The molecule has 1 aromatic carbocycles. The van der Waals surface area contributed by atoms with Gasteiger partial charge in [-0.2, -0.15) is 0 Å². The van der Waals surface area contributed by atoms with Crippen LogP contribution in [0.1, 0.15) is 39.2 Å². The molecule has 0 spiro atoms. The Bertz CT molecular complexity index is 667. The number of hydrogen-bond donors (Lipinski definition) is 1. The summed E-state index contributed by atoms with van der Waals surface area (Å²) in [6.07, 6.45) is 0. The largest absolute Gasteiger partial charge is 0.475 e. The number of furan rings is 1. The molecule has 1 aromatic heterocycles. The lowest BCUT2D eigenvalue weighted by molar-refractivity contribution is 0.0660. The molecule has 2 rings (SSSR count). The normalized spacial score (nSPS) is 10.4. The van der Waals surface area contributed by atoms with Crippen LogP contribution in [0.25, 0.3) is 0 Å². The van der Waals surface area contributed by atoms with Gasteiger partial charge in [-0.3, -0.25) is 4.79 Å². The molecule has 5 nitrogen and oxygen atoms in total. The number of aromatic carboxylic acids is 1. The van der Waals surface area contributed by atoms with Gasteiger partial charge in [0.15, 0.2) is 5.76 Å². The Hall–Kier alpha value is -2.56. The fraction of sp³-hybridized carbons (Fsp3) is 0.250. The van der Waals surface area contributed by atoms with Gasteiger partial charge in [0.2, 0.25) is 5.76 Å². The predicted molar refractivity (Wildman–Crippen MR) is 78.9 cm³/mol. The second-order valence-corrected chi connectivity index (χ2v) is 4.86. The lowest BCUT2D eigenvalue weighted by atomic mass is 10.1. The minimum Gasteiger partial charge on any atom is -0.475 e. The summed E-state index contributed by atoms with van der Waals surface area (Å²) in [6, 6.07) is 8.52. The molecule has 0 aliphatic rings. The zero-order chi connectivity index (χ0) is 15.6. The van der Waals surface area contributed by atoms with Crippen LogP contribution in [-0.2, 0) is 0 Å². The summed E-state index contributed by atoms with van der Waals surface area (Å²) in [6.45, 7) is 6.25. The molecule has 0 unspecified atom stereocenters. The van der Waals surface area contributed by atoms with Gasteiger partial charge in [0.05, 0.1) is 0 Å². The van der Waals surface area contributed by atoms with Crippen molar-refractivity contribution in [3.63, 3.8) is 0 Å². The molecule has 0 saturated carbocycles. The number of carbonyl (C=O) groups is 2. The van der Waals surface area contributed by atoms with Gasteiger partial charge in [-0.25, -0.2) is 4.79 Å². The maximum atomic E-state index is 12.5. The van der Waals surface area contributed by atoms with E-state index in [-0.39, 0.29) is 17.4 Å². The van der Waals surface area contributed by atoms with Gasteiger partial charge in [0.1, 0.15) is 0 Å². The van der Waals surface area contributed by atoms with Crippen molar-refractivity contribution in [1.82, 2.24) is 0 Å². The van der Waals surface area contributed by atoms with Gasteiger partial charge in [0.25, 0.3) is 5.91 Å². The maximum Gasteiger partial charge on any atom is 0.371 e. The molecule has 0 fully saturated rings. The van der Waals surface area contributed by atoms with Crippen LogP contribution in [0.3, 0.4) is 0 Å². The van der Waals surface area contributed by atoms with Gasteiger partial charge in [0, 0.05) is 12.2 Å². The summed E-state index contributed by atoms with van der Waals surface area (Å²) >= 11 is 0. The molecule has 0 bridgehead atoms. The third-order valence-corrected chi connectivity index (χ3v) is 3.11. The lowest BCUT2D eigenvalue weighted by Gasteiger charge is -2.21. The second kappa shape index (κ2) is 5.83. The van der Waals surface area contributed by atoms with E-state index in [1.165, 1.54) is 12.1 Å². The standard InChI is InChI=1S/C16H17NO4/c1-4-17(12-8-10(2)7-11(3)9-12)15(18)13-5-6-14(21-13)16(19)20/h5-9H,4H2,1-3H3,(H,19,20). The number of hydrogen-bond acceptors (Lipinski definition) is 3. The van der Waals surface area contributed by atoms with Crippen molar-refractivity contribution < 1.29 is 19.1 Å². The van der Waals surface area contributed by atoms with Gasteiger partial charge >= 0.3 is 5.97 Å². The van der Waals surface area contributed by atoms with Crippen molar-refractivity contribution in [2.24, 2.45) is 0 Å². The van der Waals surface area contributed by atoms with E-state index in [0.29, 0.717) is 6.54 Å². The van der Waals surface area contributed by atoms with E-state index >= 15 is 0 Å². The first-order valence-electron chi connectivity index (χ1n) is 6.65. The molecule has 5 heteroatoms. The summed E-state index contributed by atoms with van der Waals surface area (Å²) in [5, 5.41) is 8.85. The topological polar surface area (TPSA) is 70.8 Å². The Labute approximate surface area is 122 Å². The molecule has 1 amide bonds. The minimum absolute atomic E-state index is 0.0217. The number of nitrogens with zero attached hydrogens (tertiary/aromatic N) is 1. The third-order valence-electron chi connectivity index (χ3n) is 3.11. The zero-order valence-electron chi connectivity index (χ0n) is 12.2. The van der Waals surface area contributed by atoms with Crippen LogP contribution in [0.4, 0.5) is 5.69 Å². The van der Waals surface area contributed by atoms with Crippen molar-refractivity contribution in [3.8, 4) is 0 Å². The number of carboxylic acids is 1. The number of benzene rings is 1. The average Bonchev–Trinajstić information content (AvgIpc) is 2.88. The Morgan fingerprint density at radius 2 is 1.67 bits per heavy atom. The van der Waals surface area contributed by atoms with E-state index in [1.807, 2.05) is 39.0 Å². The molecule has 0 atom stereocenters. The molecule has 110 valence electrons. The first-order valence-corrected chi connectivity index (χ1v) is 6.65. The van der Waals surface area contributed by atoms with Crippen molar-refractivity contribution >= 4 is 17.6 Å². The Morgan fingerprint density at radius 1 is 1.10 bits per heavy atom. The highest BCUT2D eigenvalue weighted by Gasteiger charge is 2.21. The van der Waals surface area contributed by atoms with Crippen LogP contribution >= 0.6 is 0 Å². The van der Waals surface area contributed by atoms with Gasteiger partial charge in [-0.1, -0.05) is 6.07 Å². The fourth-order valence-corrected chi connectivity index (χ4v) is 2.25. The number of carbonyl (C=O) groups excluding carboxylic acids is 1. The highest BCUT2D eigenvalue weighted by molar-refractivity contribution is 6.04. The van der Waals surface area contributed by atoms with Crippen molar-refractivity contribution in [3.05, 3.63) is 53.0 Å². The molecule has 1 heterocycles. The number of carboxylic acid groups (broad SMARTS) is 1. The summed E-state index contributed by atoms with van der Waals surface area (Å²) in [7, 11) is 0. The highest BCUT2D eigenvalue weighted by atomic mass is 16.4. The van der Waals surface area contributed by atoms with Crippen LogP contribution in [0, 0.1) is 13.8 Å². The van der Waals surface area contributed by atoms with Gasteiger partial charge in [-0.05, 0) is 56.2 Å². The monoisotopic (exact) mass is 287 g/mol. The number of rotatable bonds is 4. The number of aryl methyl sites for hydroxylation is 2. The van der Waals surface area contributed by atoms with Crippen LogP contribution in [0.5, 0.6) is 0 Å². The van der Waals surface area contributed by atoms with E-state index in [2.05, 4.69) is 0 Å². The quantitative estimate of drug-likeness (QED) is 0.937. The van der Waals surface area contributed by atoms with Crippen LogP contribution in [0.15, 0.2) is 34.7 Å². The first-order chi connectivity index (χ1) is 9.92. The molecule has 0 aliphatic heterocycles. The lowest BCUT2D eigenvalue weighted by Crippen LogP contribution is -2.30. The third kappa shape index (κ3) is 3.13. The second-order valence-electron chi connectivity index (χ2n) is 4.86. The Balaban J connectivity index is 2.35. The molecular weight excluding hydrogens is 270 g/mol. The molecule has 0 radical (unpaired) electrons. The first kappa shape index (κ1) is 14.8. The SMILES string of the molecule is CCN(C(=O)c1ccc(C(=O)O)o1)c1cc(C)cc(C)c1. The zero-order valence-corrected chi connectivity index (χ0v) is 12.2. The molecule has 0 aliphatic carbocycles. The number of anilines is 1. The summed E-state index contributed by atoms with van der Waals surface area (Å²) in [5.74, 6) is -1.76. The number of amides is 1. The highest BCUT2D eigenvalue weighted by Crippen LogP contribution is 2.21. The smallest absolute Gasteiger partial charge is 0.371 e. The Morgan fingerprint density at radius 3 is 2.14 bits per heavy atom. The van der Waals surface area contributed by atoms with E-state index in [9.17, 15) is 9.59 Å². The van der Waals surface area contributed by atoms with Crippen molar-refractivity contribution in [1.29, 1.82) is 0 Å². The predicted octanol–water partition coefficient (Wildman–Crippen LogP) is 3.26. The molecule has 0 saturated heterocycles. The summed E-state index contributed by atoms with van der Waals surface area (Å²) in [5.41, 5.74) is 2.89. The molecular formula is C16H17NO4. The molecule has 1 N–H and O–H groups in total. The van der Waals surface area contributed by atoms with Gasteiger partial charge < -0.3 is 14.4 Å². The molecule has 2 aromatic rings. The van der Waals surface area contributed by atoms with Crippen LogP contribution in [-0.4, -0.2) is 23.5 Å². The van der Waals surface area contributed by atoms with E-state index in [1.54, 1.807) is 4.90 Å². The molecule has 21 heavy (non-hydrogen) atoms.